The van der Waals surface area contributed by atoms with E-state index in [1.807, 2.05) is 29.7 Å². The van der Waals surface area contributed by atoms with E-state index in [2.05, 4.69) is 26.1 Å². The molecule has 0 saturated heterocycles. The number of amides is 2. The zero-order chi connectivity index (χ0) is 14.5. The molecule has 0 bridgehead atoms. The highest BCUT2D eigenvalue weighted by Crippen LogP contribution is 2.22. The number of rotatable bonds is 4. The van der Waals surface area contributed by atoms with Crippen LogP contribution in [0.5, 0.6) is 0 Å². The van der Waals surface area contributed by atoms with Crippen LogP contribution in [0.1, 0.15) is 0 Å². The van der Waals surface area contributed by atoms with Crippen LogP contribution in [0.25, 0.3) is 10.8 Å². The highest BCUT2D eigenvalue weighted by Gasteiger charge is 2.04. The molecule has 0 spiro atoms. The zero-order valence-electron chi connectivity index (χ0n) is 10.2. The second kappa shape index (κ2) is 6.36. The van der Waals surface area contributed by atoms with Crippen LogP contribution in [0.4, 0.5) is 10.5 Å². The molecule has 2 aromatic rings. The van der Waals surface area contributed by atoms with E-state index < -0.39 is 18.6 Å². The van der Waals surface area contributed by atoms with Crippen LogP contribution in [-0.2, 0) is 9.63 Å². The number of hydrogen-bond acceptors (Lipinski definition) is 3. The highest BCUT2D eigenvalue weighted by atomic mass is 79.9. The predicted octanol–water partition coefficient (Wildman–Crippen LogP) is 2.74. The van der Waals surface area contributed by atoms with Crippen molar-refractivity contribution in [1.29, 1.82) is 0 Å². The Labute approximate surface area is 122 Å². The molecule has 3 N–H and O–H groups in total. The number of hydrogen-bond donors (Lipinski definition) is 3. The number of urea groups is 1. The summed E-state index contributed by atoms with van der Waals surface area (Å²) in [5, 5.41) is 12.9. The largest absolute Gasteiger partial charge is 0.479 e. The van der Waals surface area contributed by atoms with Gasteiger partial charge in [-0.05, 0) is 35.0 Å². The second-order valence-electron chi connectivity index (χ2n) is 3.94. The maximum atomic E-state index is 11.4. The van der Waals surface area contributed by atoms with Crippen molar-refractivity contribution >= 4 is 44.4 Å². The van der Waals surface area contributed by atoms with Gasteiger partial charge in [0.25, 0.3) is 0 Å². The molecule has 0 atom stereocenters. The van der Waals surface area contributed by atoms with Gasteiger partial charge < -0.3 is 10.4 Å². The Morgan fingerprint density at radius 2 is 1.85 bits per heavy atom. The molecule has 0 heterocycles. The molecule has 0 saturated carbocycles. The third kappa shape index (κ3) is 3.94. The van der Waals surface area contributed by atoms with E-state index in [1.165, 1.54) is 0 Å². The van der Waals surface area contributed by atoms with Gasteiger partial charge in [-0.2, -0.15) is 0 Å². The highest BCUT2D eigenvalue weighted by molar-refractivity contribution is 9.10. The summed E-state index contributed by atoms with van der Waals surface area (Å²) in [6.07, 6.45) is 0. The summed E-state index contributed by atoms with van der Waals surface area (Å²) in [7, 11) is 0. The van der Waals surface area contributed by atoms with Gasteiger partial charge in [-0.3, -0.25) is 4.84 Å². The van der Waals surface area contributed by atoms with Crippen LogP contribution in [0, 0.1) is 0 Å². The maximum absolute atomic E-state index is 11.4. The Kier molecular flexibility index (Phi) is 4.54. The number of carboxylic acid groups (broad SMARTS) is 1. The third-order valence-corrected chi connectivity index (χ3v) is 2.91. The Hall–Kier alpha value is -2.12. The van der Waals surface area contributed by atoms with E-state index in [4.69, 9.17) is 5.11 Å². The first kappa shape index (κ1) is 14.3. The first-order chi connectivity index (χ1) is 9.54. The minimum atomic E-state index is -1.17. The van der Waals surface area contributed by atoms with Gasteiger partial charge in [-0.15, -0.1) is 0 Å². The van der Waals surface area contributed by atoms with Crippen molar-refractivity contribution in [1.82, 2.24) is 5.48 Å². The van der Waals surface area contributed by atoms with Crippen molar-refractivity contribution in [2.45, 2.75) is 0 Å². The first-order valence-corrected chi connectivity index (χ1v) is 6.44. The summed E-state index contributed by atoms with van der Waals surface area (Å²) in [6.45, 7) is -0.598. The van der Waals surface area contributed by atoms with Gasteiger partial charge in [0.15, 0.2) is 6.61 Å². The number of carbonyl (C=O) groups excluding carboxylic acids is 1. The number of halogens is 1. The summed E-state index contributed by atoms with van der Waals surface area (Å²) < 4.78 is 0.977. The Bertz CT molecular complexity index is 660. The summed E-state index contributed by atoms with van der Waals surface area (Å²) >= 11 is 3.39. The predicted molar refractivity (Wildman–Crippen MR) is 77.4 cm³/mol. The number of carboxylic acids is 1. The minimum Gasteiger partial charge on any atom is -0.479 e. The molecule has 2 rings (SSSR count). The molecule has 0 aliphatic rings. The lowest BCUT2D eigenvalue weighted by molar-refractivity contribution is -0.143. The van der Waals surface area contributed by atoms with Crippen LogP contribution in [-0.4, -0.2) is 23.7 Å². The summed E-state index contributed by atoms with van der Waals surface area (Å²) in [4.78, 5) is 26.1. The number of aliphatic carboxylic acids is 1. The molecule has 0 aromatic heterocycles. The maximum Gasteiger partial charge on any atom is 0.343 e. The number of carbonyl (C=O) groups is 2. The van der Waals surface area contributed by atoms with Crippen molar-refractivity contribution in [2.24, 2.45) is 0 Å². The second-order valence-corrected chi connectivity index (χ2v) is 4.86. The van der Waals surface area contributed by atoms with Gasteiger partial charge in [0, 0.05) is 10.2 Å². The van der Waals surface area contributed by atoms with Gasteiger partial charge in [0.1, 0.15) is 0 Å². The normalized spacial score (nSPS) is 10.2. The lowest BCUT2D eigenvalue weighted by atomic mass is 10.1. The molecular weight excluding hydrogens is 328 g/mol. The fourth-order valence-corrected chi connectivity index (χ4v) is 1.99. The molecule has 0 fully saturated rings. The van der Waals surface area contributed by atoms with Crippen LogP contribution in [0.3, 0.4) is 0 Å². The van der Waals surface area contributed by atoms with Crippen molar-refractivity contribution in [2.75, 3.05) is 11.9 Å². The number of hydroxylamine groups is 1. The first-order valence-electron chi connectivity index (χ1n) is 5.64. The van der Waals surface area contributed by atoms with E-state index >= 15 is 0 Å². The molecule has 104 valence electrons. The molecule has 0 radical (unpaired) electrons. The van der Waals surface area contributed by atoms with E-state index in [-0.39, 0.29) is 0 Å². The van der Waals surface area contributed by atoms with Gasteiger partial charge in [0.2, 0.25) is 0 Å². The summed E-state index contributed by atoms with van der Waals surface area (Å²) in [6, 6.07) is 10.6. The molecule has 0 unspecified atom stereocenters. The lowest BCUT2D eigenvalue weighted by Crippen LogP contribution is -2.30. The van der Waals surface area contributed by atoms with Crippen LogP contribution in [0.15, 0.2) is 40.9 Å². The van der Waals surface area contributed by atoms with Gasteiger partial charge in [0.05, 0.1) is 0 Å². The third-order valence-electron chi connectivity index (χ3n) is 2.42. The Balaban J connectivity index is 2.01. The molecule has 2 aromatic carbocycles. The average molecular weight is 339 g/mol. The Morgan fingerprint density at radius 1 is 1.15 bits per heavy atom. The van der Waals surface area contributed by atoms with E-state index in [1.54, 1.807) is 12.1 Å². The van der Waals surface area contributed by atoms with Gasteiger partial charge >= 0.3 is 12.0 Å². The number of anilines is 1. The molecule has 20 heavy (non-hydrogen) atoms. The fourth-order valence-electron chi connectivity index (χ4n) is 1.61. The number of benzene rings is 2. The van der Waals surface area contributed by atoms with Crippen LogP contribution < -0.4 is 10.8 Å². The number of fused-ring (bicyclic) bond motifs is 1. The van der Waals surface area contributed by atoms with E-state index in [9.17, 15) is 9.59 Å². The fraction of sp³-hybridized carbons (Fsp3) is 0.0769. The molecule has 6 nitrogen and oxygen atoms in total. The molecule has 0 aliphatic heterocycles. The molecule has 7 heteroatoms. The standard InChI is InChI=1S/C13H11BrN2O4/c14-10-3-1-9-6-11(4-2-8(9)5-10)15-13(19)16-20-7-12(17)18/h1-6H,7H2,(H,17,18)(H2,15,16,19). The van der Waals surface area contributed by atoms with Crippen LogP contribution in [0.2, 0.25) is 0 Å². The molecule has 2 amide bonds. The number of nitrogens with one attached hydrogen (secondary N) is 2. The SMILES string of the molecule is O=C(O)CONC(=O)Nc1ccc2cc(Br)ccc2c1. The molecule has 0 aliphatic carbocycles. The molecular formula is C13H11BrN2O4. The minimum absolute atomic E-state index is 0.580. The van der Waals surface area contributed by atoms with Crippen molar-refractivity contribution in [3.05, 3.63) is 40.9 Å². The van der Waals surface area contributed by atoms with Crippen molar-refractivity contribution in [3.8, 4) is 0 Å². The van der Waals surface area contributed by atoms with E-state index in [0.29, 0.717) is 5.69 Å². The summed E-state index contributed by atoms with van der Waals surface area (Å²) in [5.74, 6) is -1.17. The van der Waals surface area contributed by atoms with E-state index in [0.717, 1.165) is 15.2 Å². The van der Waals surface area contributed by atoms with Gasteiger partial charge in [-0.1, -0.05) is 28.1 Å². The lowest BCUT2D eigenvalue weighted by Gasteiger charge is -2.07. The van der Waals surface area contributed by atoms with Crippen molar-refractivity contribution in [3.63, 3.8) is 0 Å². The van der Waals surface area contributed by atoms with Gasteiger partial charge in [-0.25, -0.2) is 15.1 Å². The zero-order valence-corrected chi connectivity index (χ0v) is 11.8. The smallest absolute Gasteiger partial charge is 0.343 e. The quantitative estimate of drug-likeness (QED) is 0.748. The summed E-state index contributed by atoms with van der Waals surface area (Å²) in [5.41, 5.74) is 2.56. The topological polar surface area (TPSA) is 87.7 Å². The average Bonchev–Trinajstić information content (AvgIpc) is 2.38. The van der Waals surface area contributed by atoms with Crippen LogP contribution >= 0.6 is 15.9 Å². The Morgan fingerprint density at radius 3 is 2.60 bits per heavy atom. The van der Waals surface area contributed by atoms with Crippen molar-refractivity contribution < 1.29 is 19.5 Å². The monoisotopic (exact) mass is 338 g/mol.